The molecular weight excluding hydrogens is 633 g/mol. The lowest BCUT2D eigenvalue weighted by Crippen LogP contribution is -2.33. The second-order valence-corrected chi connectivity index (χ2v) is 12.9. The molecule has 0 aliphatic carbocycles. The number of imide groups is 1. The number of benzene rings is 3. The lowest BCUT2D eigenvalue weighted by Gasteiger charge is -2.31. The van der Waals surface area contributed by atoms with E-state index in [2.05, 4.69) is 5.32 Å². The average molecular weight is 657 g/mol. The third-order valence-electron chi connectivity index (χ3n) is 7.21. The third kappa shape index (κ3) is 5.42. The number of nitrogens with zero attached hydrogens (tertiary/aromatic N) is 2. The number of aromatic hydroxyl groups is 1. The van der Waals surface area contributed by atoms with Gasteiger partial charge in [0, 0.05) is 26.5 Å². The van der Waals surface area contributed by atoms with Crippen molar-refractivity contribution in [3.8, 4) is 11.5 Å². The molecule has 3 atom stereocenters. The molecule has 1 aromatic heterocycles. The summed E-state index contributed by atoms with van der Waals surface area (Å²) in [5, 5.41) is 13.7. The number of carbonyl (C=O) groups is 3. The molecule has 1 fully saturated rings. The number of ether oxygens (including phenoxy) is 1. The Morgan fingerprint density at radius 3 is 2.33 bits per heavy atom. The van der Waals surface area contributed by atoms with Crippen molar-refractivity contribution in [2.75, 3.05) is 16.8 Å². The molecule has 0 saturated carbocycles. The highest BCUT2D eigenvalue weighted by Gasteiger charge is 2.57. The number of fused-ring (bicyclic) bond motifs is 2. The maximum Gasteiger partial charge on any atom is 0.308 e. The van der Waals surface area contributed by atoms with Crippen LogP contribution in [0.15, 0.2) is 76.6 Å². The van der Waals surface area contributed by atoms with Crippen LogP contribution in [0.5, 0.6) is 11.5 Å². The monoisotopic (exact) mass is 655 g/mol. The fraction of sp³-hybridized carbons (Fsp3) is 0.200. The van der Waals surface area contributed by atoms with Crippen molar-refractivity contribution < 1.29 is 24.2 Å². The van der Waals surface area contributed by atoms with E-state index in [4.69, 9.17) is 27.9 Å². The molecule has 3 aromatic carbocycles. The molecule has 220 valence electrons. The molecule has 9 nitrogen and oxygen atoms in total. The molecule has 3 unspecified atom stereocenters. The minimum Gasteiger partial charge on any atom is -0.504 e. The number of nitrogens with one attached hydrogen (secondary N) is 1. The van der Waals surface area contributed by atoms with Gasteiger partial charge in [-0.15, -0.1) is 0 Å². The van der Waals surface area contributed by atoms with Crippen molar-refractivity contribution in [1.82, 2.24) is 4.57 Å². The molecule has 6 rings (SSSR count). The van der Waals surface area contributed by atoms with Gasteiger partial charge in [-0.3, -0.25) is 23.7 Å². The summed E-state index contributed by atoms with van der Waals surface area (Å²) >= 11 is 14.0. The first-order valence-corrected chi connectivity index (χ1v) is 15.7. The van der Waals surface area contributed by atoms with Crippen LogP contribution in [0.2, 0.25) is 10.0 Å². The Morgan fingerprint density at radius 2 is 1.65 bits per heavy atom. The van der Waals surface area contributed by atoms with Gasteiger partial charge in [-0.05, 0) is 73.2 Å². The predicted molar refractivity (Wildman–Crippen MR) is 167 cm³/mol. The molecule has 4 aromatic rings. The van der Waals surface area contributed by atoms with Gasteiger partial charge in [-0.1, -0.05) is 52.4 Å². The zero-order valence-electron chi connectivity index (χ0n) is 22.5. The van der Waals surface area contributed by atoms with Crippen LogP contribution in [0, 0.1) is 5.92 Å². The van der Waals surface area contributed by atoms with Crippen molar-refractivity contribution >= 4 is 75.4 Å². The molecule has 3 amide bonds. The standard InChI is InChI=1S/C30H23Cl2N3O6S2/c1-2-41-21-13-15(3-12-20(21)36)23-24-25(28(39)35(27(24)38)19-10-6-17(32)7-11-19)42-29-26(23)43-30(40)34(29)14-22(37)33-18-8-4-16(31)5-9-18/h3-13,23-25,36H,2,14H2,1H3,(H,33,37). The molecule has 1 saturated heterocycles. The first-order chi connectivity index (χ1) is 20.7. The molecule has 0 radical (unpaired) electrons. The summed E-state index contributed by atoms with van der Waals surface area (Å²) in [6, 6.07) is 17.7. The molecule has 13 heteroatoms. The molecule has 0 bridgehead atoms. The minimum atomic E-state index is -0.871. The normalized spacial score (nSPS) is 19.2. The maximum absolute atomic E-state index is 14.0. The zero-order valence-corrected chi connectivity index (χ0v) is 25.6. The van der Waals surface area contributed by atoms with Crippen LogP contribution in [0.25, 0.3) is 0 Å². The average Bonchev–Trinajstić information content (AvgIpc) is 3.42. The van der Waals surface area contributed by atoms with Crippen LogP contribution in [0.1, 0.15) is 23.3 Å². The van der Waals surface area contributed by atoms with E-state index in [1.165, 1.54) is 10.6 Å². The molecule has 2 N–H and O–H groups in total. The number of anilines is 2. The van der Waals surface area contributed by atoms with Crippen molar-refractivity contribution in [3.63, 3.8) is 0 Å². The summed E-state index contributed by atoms with van der Waals surface area (Å²) in [4.78, 5) is 55.6. The van der Waals surface area contributed by atoms with E-state index in [0.29, 0.717) is 43.5 Å². The van der Waals surface area contributed by atoms with Gasteiger partial charge in [-0.2, -0.15) is 0 Å². The summed E-state index contributed by atoms with van der Waals surface area (Å²) < 4.78 is 6.95. The molecule has 2 aliphatic heterocycles. The van der Waals surface area contributed by atoms with Crippen LogP contribution in [-0.4, -0.2) is 39.3 Å². The molecule has 0 spiro atoms. The second-order valence-electron chi connectivity index (χ2n) is 9.87. The Morgan fingerprint density at radius 1 is 0.977 bits per heavy atom. The summed E-state index contributed by atoms with van der Waals surface area (Å²) in [5.41, 5.74) is 1.49. The van der Waals surface area contributed by atoms with Gasteiger partial charge in [0.15, 0.2) is 11.5 Å². The van der Waals surface area contributed by atoms with Crippen LogP contribution < -0.4 is 19.8 Å². The molecular formula is C30H23Cl2N3O6S2. The van der Waals surface area contributed by atoms with Gasteiger partial charge < -0.3 is 15.2 Å². The zero-order chi connectivity index (χ0) is 30.4. The van der Waals surface area contributed by atoms with Gasteiger partial charge in [0.2, 0.25) is 17.7 Å². The number of amides is 3. The van der Waals surface area contributed by atoms with E-state index in [-0.39, 0.29) is 18.0 Å². The van der Waals surface area contributed by atoms with Crippen molar-refractivity contribution in [1.29, 1.82) is 0 Å². The summed E-state index contributed by atoms with van der Waals surface area (Å²) in [7, 11) is 0. The van der Waals surface area contributed by atoms with Crippen LogP contribution in [-0.2, 0) is 20.9 Å². The van der Waals surface area contributed by atoms with Gasteiger partial charge >= 0.3 is 4.87 Å². The fourth-order valence-corrected chi connectivity index (χ4v) is 8.36. The fourth-order valence-electron chi connectivity index (χ4n) is 5.33. The van der Waals surface area contributed by atoms with Crippen LogP contribution in [0.4, 0.5) is 11.4 Å². The number of thioether (sulfide) groups is 1. The number of thiazole rings is 1. The number of hydrogen-bond acceptors (Lipinski definition) is 8. The van der Waals surface area contributed by atoms with Crippen molar-refractivity contribution in [2.45, 2.75) is 29.7 Å². The Labute approximate surface area is 264 Å². The number of phenols is 1. The maximum atomic E-state index is 14.0. The number of phenolic OH excluding ortho intramolecular Hbond substituents is 1. The van der Waals surface area contributed by atoms with Crippen LogP contribution >= 0.6 is 46.3 Å². The molecule has 2 aliphatic rings. The summed E-state index contributed by atoms with van der Waals surface area (Å²) in [5.74, 6) is -2.71. The Kier molecular flexibility index (Phi) is 7.99. The number of rotatable bonds is 7. The summed E-state index contributed by atoms with van der Waals surface area (Å²) in [6.45, 7) is 1.78. The third-order valence-corrected chi connectivity index (χ3v) is 10.3. The highest BCUT2D eigenvalue weighted by molar-refractivity contribution is 8.00. The number of carbonyl (C=O) groups excluding carboxylic acids is 3. The van der Waals surface area contributed by atoms with Crippen molar-refractivity contribution in [2.24, 2.45) is 5.92 Å². The van der Waals surface area contributed by atoms with E-state index in [1.54, 1.807) is 67.6 Å². The highest BCUT2D eigenvalue weighted by Crippen LogP contribution is 2.54. The van der Waals surface area contributed by atoms with Gasteiger partial charge in [0.05, 0.1) is 23.2 Å². The number of hydrogen-bond donors (Lipinski definition) is 2. The topological polar surface area (TPSA) is 118 Å². The Hall–Kier alpha value is -3.77. The lowest BCUT2D eigenvalue weighted by molar-refractivity contribution is -0.122. The van der Waals surface area contributed by atoms with E-state index in [1.807, 2.05) is 0 Å². The highest BCUT2D eigenvalue weighted by atomic mass is 35.5. The molecule has 43 heavy (non-hydrogen) atoms. The van der Waals surface area contributed by atoms with Gasteiger partial charge in [0.25, 0.3) is 0 Å². The smallest absolute Gasteiger partial charge is 0.308 e. The van der Waals surface area contributed by atoms with E-state index < -0.39 is 39.7 Å². The Balaban J connectivity index is 1.43. The Bertz CT molecular complexity index is 1810. The van der Waals surface area contributed by atoms with E-state index >= 15 is 0 Å². The quantitative estimate of drug-likeness (QED) is 0.243. The SMILES string of the molecule is CCOc1cc(C2c3sc(=O)n(CC(=O)Nc4ccc(Cl)cc4)c3SC3C(=O)N(c4ccc(Cl)cc4)C(=O)C32)ccc1O. The lowest BCUT2D eigenvalue weighted by atomic mass is 9.83. The first kappa shape index (κ1) is 29.3. The number of halogens is 2. The van der Waals surface area contributed by atoms with Gasteiger partial charge in [-0.25, -0.2) is 4.90 Å². The van der Waals surface area contributed by atoms with Crippen molar-refractivity contribution in [3.05, 3.63) is 96.9 Å². The largest absolute Gasteiger partial charge is 0.504 e. The predicted octanol–water partition coefficient (Wildman–Crippen LogP) is 5.76. The van der Waals surface area contributed by atoms with Crippen LogP contribution in [0.3, 0.4) is 0 Å². The minimum absolute atomic E-state index is 0.0752. The first-order valence-electron chi connectivity index (χ1n) is 13.2. The van der Waals surface area contributed by atoms with E-state index in [9.17, 15) is 24.3 Å². The van der Waals surface area contributed by atoms with Gasteiger partial charge in [0.1, 0.15) is 11.8 Å². The summed E-state index contributed by atoms with van der Waals surface area (Å²) in [6.07, 6.45) is 0. The van der Waals surface area contributed by atoms with E-state index in [0.717, 1.165) is 28.0 Å². The second kappa shape index (κ2) is 11.7. The number of aromatic nitrogens is 1. The molecule has 3 heterocycles.